The second-order valence-corrected chi connectivity index (χ2v) is 6.20. The first-order chi connectivity index (χ1) is 13.3. The molecule has 0 saturated carbocycles. The largest absolute Gasteiger partial charge is 0.486 e. The van der Waals surface area contributed by atoms with E-state index in [1.807, 2.05) is 78.9 Å². The number of hydrogen-bond acceptors (Lipinski definition) is 4. The van der Waals surface area contributed by atoms with E-state index in [1.54, 1.807) is 5.01 Å². The Labute approximate surface area is 158 Å². The average molecular weight is 360 g/mol. The van der Waals surface area contributed by atoms with E-state index >= 15 is 0 Å². The highest BCUT2D eigenvalue weighted by Crippen LogP contribution is 2.31. The van der Waals surface area contributed by atoms with Crippen LogP contribution in [0.5, 0.6) is 11.5 Å². The van der Waals surface area contributed by atoms with Crippen LogP contribution in [0.1, 0.15) is 5.56 Å². The summed E-state index contributed by atoms with van der Waals surface area (Å²) in [5.74, 6) is 1.30. The van der Waals surface area contributed by atoms with E-state index < -0.39 is 0 Å². The fraction of sp³-hybridized carbons (Fsp3) is 0.136. The van der Waals surface area contributed by atoms with Crippen LogP contribution in [-0.4, -0.2) is 19.1 Å². The molecule has 0 aromatic heterocycles. The maximum Gasteiger partial charge on any atom is 0.243 e. The number of fused-ring (bicyclic) bond motifs is 1. The number of hydrogen-bond donors (Lipinski definition) is 1. The van der Waals surface area contributed by atoms with Gasteiger partial charge in [0.15, 0.2) is 11.5 Å². The van der Waals surface area contributed by atoms with Gasteiger partial charge in [-0.15, -0.1) is 0 Å². The zero-order valence-electron chi connectivity index (χ0n) is 14.8. The number of para-hydroxylation sites is 2. The summed E-state index contributed by atoms with van der Waals surface area (Å²) in [6, 6.07) is 25.1. The average Bonchev–Trinajstić information content (AvgIpc) is 2.73. The number of ether oxygens (including phenoxy) is 2. The van der Waals surface area contributed by atoms with E-state index in [-0.39, 0.29) is 12.3 Å². The van der Waals surface area contributed by atoms with Gasteiger partial charge in [-0.3, -0.25) is 15.2 Å². The minimum atomic E-state index is -0.112. The van der Waals surface area contributed by atoms with Crippen LogP contribution in [0.3, 0.4) is 0 Å². The summed E-state index contributed by atoms with van der Waals surface area (Å²) in [5, 5.41) is 1.79. The molecular formula is C22H20N2O3. The van der Waals surface area contributed by atoms with Gasteiger partial charge in [0.25, 0.3) is 0 Å². The topological polar surface area (TPSA) is 50.8 Å². The van der Waals surface area contributed by atoms with Crippen LogP contribution in [0.25, 0.3) is 0 Å². The monoisotopic (exact) mass is 360 g/mol. The number of nitrogens with zero attached hydrogens (tertiary/aromatic N) is 1. The zero-order valence-corrected chi connectivity index (χ0v) is 14.8. The van der Waals surface area contributed by atoms with Gasteiger partial charge in [-0.25, -0.2) is 0 Å². The first kappa shape index (κ1) is 17.0. The Balaban J connectivity index is 1.52. The van der Waals surface area contributed by atoms with E-state index in [0.717, 1.165) is 22.7 Å². The lowest BCUT2D eigenvalue weighted by Crippen LogP contribution is -2.39. The Bertz CT molecular complexity index is 874. The lowest BCUT2D eigenvalue weighted by molar-refractivity contribution is -0.120. The zero-order chi connectivity index (χ0) is 18.5. The van der Waals surface area contributed by atoms with E-state index in [4.69, 9.17) is 9.47 Å². The van der Waals surface area contributed by atoms with Gasteiger partial charge < -0.3 is 9.47 Å². The van der Waals surface area contributed by atoms with Crippen LogP contribution in [-0.2, 0) is 11.2 Å². The van der Waals surface area contributed by atoms with Crippen molar-refractivity contribution < 1.29 is 14.3 Å². The lowest BCUT2D eigenvalue weighted by Gasteiger charge is -2.25. The molecule has 0 atom stereocenters. The Morgan fingerprint density at radius 2 is 1.41 bits per heavy atom. The minimum Gasteiger partial charge on any atom is -0.486 e. The molecule has 3 aromatic carbocycles. The van der Waals surface area contributed by atoms with Crippen molar-refractivity contribution in [3.8, 4) is 11.5 Å². The van der Waals surface area contributed by atoms with Crippen molar-refractivity contribution in [2.75, 3.05) is 18.2 Å². The van der Waals surface area contributed by atoms with Crippen LogP contribution in [0.4, 0.5) is 11.4 Å². The molecule has 1 aliphatic rings. The number of hydrazine groups is 1. The second-order valence-electron chi connectivity index (χ2n) is 6.20. The van der Waals surface area contributed by atoms with Crippen molar-refractivity contribution in [2.45, 2.75) is 6.42 Å². The number of rotatable bonds is 5. The smallest absolute Gasteiger partial charge is 0.243 e. The molecule has 5 heteroatoms. The molecular weight excluding hydrogens is 340 g/mol. The summed E-state index contributed by atoms with van der Waals surface area (Å²) in [6.07, 6.45) is 0.243. The molecule has 0 radical (unpaired) electrons. The van der Waals surface area contributed by atoms with Crippen molar-refractivity contribution in [1.29, 1.82) is 0 Å². The summed E-state index contributed by atoms with van der Waals surface area (Å²) in [6.45, 7) is 1.08. The number of benzene rings is 3. The summed E-state index contributed by atoms with van der Waals surface area (Å²) in [4.78, 5) is 12.7. The third-order valence-corrected chi connectivity index (χ3v) is 4.24. The summed E-state index contributed by atoms with van der Waals surface area (Å²) in [7, 11) is 0. The Morgan fingerprint density at radius 3 is 2.04 bits per heavy atom. The van der Waals surface area contributed by atoms with Crippen molar-refractivity contribution in [2.24, 2.45) is 0 Å². The van der Waals surface area contributed by atoms with Crippen LogP contribution in [0, 0.1) is 0 Å². The minimum absolute atomic E-state index is 0.112. The van der Waals surface area contributed by atoms with Gasteiger partial charge in [0, 0.05) is 0 Å². The Morgan fingerprint density at radius 1 is 0.815 bits per heavy atom. The quantitative estimate of drug-likeness (QED) is 0.702. The molecule has 27 heavy (non-hydrogen) atoms. The van der Waals surface area contributed by atoms with Gasteiger partial charge in [-0.2, -0.15) is 0 Å². The molecule has 1 N–H and O–H groups in total. The molecule has 1 amide bonds. The molecule has 0 saturated heterocycles. The predicted octanol–water partition coefficient (Wildman–Crippen LogP) is 3.87. The highest BCUT2D eigenvalue weighted by atomic mass is 16.6. The van der Waals surface area contributed by atoms with Crippen LogP contribution < -0.4 is 19.9 Å². The number of nitrogens with one attached hydrogen (secondary N) is 1. The third-order valence-electron chi connectivity index (χ3n) is 4.24. The van der Waals surface area contributed by atoms with Crippen molar-refractivity contribution in [1.82, 2.24) is 5.43 Å². The van der Waals surface area contributed by atoms with E-state index in [2.05, 4.69) is 5.43 Å². The van der Waals surface area contributed by atoms with Crippen molar-refractivity contribution in [3.63, 3.8) is 0 Å². The van der Waals surface area contributed by atoms with Gasteiger partial charge in [-0.05, 0) is 42.0 Å². The Kier molecular flexibility index (Phi) is 4.92. The van der Waals surface area contributed by atoms with E-state index in [1.165, 1.54) is 0 Å². The molecule has 0 spiro atoms. The van der Waals surface area contributed by atoms with Gasteiger partial charge in [0.05, 0.1) is 17.8 Å². The molecule has 0 bridgehead atoms. The van der Waals surface area contributed by atoms with Crippen molar-refractivity contribution in [3.05, 3.63) is 84.4 Å². The normalized spacial score (nSPS) is 12.3. The molecule has 0 fully saturated rings. The molecule has 4 rings (SSSR count). The highest BCUT2D eigenvalue weighted by Gasteiger charge is 2.16. The number of anilines is 2. The summed E-state index contributed by atoms with van der Waals surface area (Å²) >= 11 is 0. The SMILES string of the molecule is O=C(Cc1ccc2c(c1)OCCO2)NN(c1ccccc1)c1ccccc1. The molecule has 0 aliphatic carbocycles. The first-order valence-corrected chi connectivity index (χ1v) is 8.88. The van der Waals surface area contributed by atoms with Gasteiger partial charge in [0.1, 0.15) is 13.2 Å². The van der Waals surface area contributed by atoms with E-state index in [9.17, 15) is 4.79 Å². The Hall–Kier alpha value is -3.47. The molecule has 5 nitrogen and oxygen atoms in total. The van der Waals surface area contributed by atoms with Crippen LogP contribution >= 0.6 is 0 Å². The van der Waals surface area contributed by atoms with Gasteiger partial charge >= 0.3 is 0 Å². The molecule has 3 aromatic rings. The number of carbonyl (C=O) groups excluding carboxylic acids is 1. The third kappa shape index (κ3) is 4.03. The van der Waals surface area contributed by atoms with Gasteiger partial charge in [-0.1, -0.05) is 42.5 Å². The maximum absolute atomic E-state index is 12.7. The number of carbonyl (C=O) groups is 1. The molecule has 136 valence electrons. The lowest BCUT2D eigenvalue weighted by atomic mass is 10.1. The predicted molar refractivity (Wildman–Crippen MR) is 104 cm³/mol. The maximum atomic E-state index is 12.7. The molecule has 1 aliphatic heterocycles. The second kappa shape index (κ2) is 7.83. The fourth-order valence-electron chi connectivity index (χ4n) is 2.98. The first-order valence-electron chi connectivity index (χ1n) is 8.88. The molecule has 0 unspecified atom stereocenters. The van der Waals surface area contributed by atoms with E-state index in [0.29, 0.717) is 19.0 Å². The van der Waals surface area contributed by atoms with Crippen LogP contribution in [0.15, 0.2) is 78.9 Å². The van der Waals surface area contributed by atoms with Crippen molar-refractivity contribution >= 4 is 17.3 Å². The summed E-state index contributed by atoms with van der Waals surface area (Å²) < 4.78 is 11.1. The van der Waals surface area contributed by atoms with Gasteiger partial charge in [0.2, 0.25) is 5.91 Å². The highest BCUT2D eigenvalue weighted by molar-refractivity contribution is 5.82. The standard InChI is InChI=1S/C22H20N2O3/c25-22(16-17-11-12-20-21(15-17)27-14-13-26-20)23-24(18-7-3-1-4-8-18)19-9-5-2-6-10-19/h1-12,15H,13-14,16H2,(H,23,25). The summed E-state index contributed by atoms with van der Waals surface area (Å²) in [5.41, 5.74) is 5.65. The fourth-order valence-corrected chi connectivity index (χ4v) is 2.98. The molecule has 1 heterocycles. The van der Waals surface area contributed by atoms with Crippen LogP contribution in [0.2, 0.25) is 0 Å². The number of amides is 1.